The van der Waals surface area contributed by atoms with E-state index >= 15 is 0 Å². The van der Waals surface area contributed by atoms with Crippen LogP contribution in [0.3, 0.4) is 0 Å². The van der Waals surface area contributed by atoms with Gasteiger partial charge in [-0.2, -0.15) is 0 Å². The third-order valence-electron chi connectivity index (χ3n) is 8.55. The molecule has 0 saturated heterocycles. The molecule has 0 aliphatic heterocycles. The number of allylic oxidation sites excluding steroid dienone is 18. The number of phosphoric acid groups is 1. The number of aliphatic hydroxyl groups excluding tert-OH is 1. The number of ether oxygens (including phenoxy) is 2. The normalized spacial score (nSPS) is 15.2. The molecule has 0 fully saturated rings. The molecular weight excluding hydrogens is 790 g/mol. The zero-order valence-corrected chi connectivity index (χ0v) is 39.1. The van der Waals surface area contributed by atoms with Crippen molar-refractivity contribution >= 4 is 19.8 Å². The Labute approximate surface area is 370 Å². The summed E-state index contributed by atoms with van der Waals surface area (Å²) in [5, 5.41) is 9.77. The second kappa shape index (κ2) is 40.4. The number of phosphoric ester groups is 1. The topological polar surface area (TPSA) is 131 Å². The summed E-state index contributed by atoms with van der Waals surface area (Å²) < 4.78 is 33.7. The summed E-state index contributed by atoms with van der Waals surface area (Å²) in [7, 11) is 1.04. The average Bonchev–Trinajstić information content (AvgIpc) is 3.21. The molecule has 0 aromatic rings. The van der Waals surface area contributed by atoms with Gasteiger partial charge in [-0.25, -0.2) is 0 Å². The number of esters is 2. The van der Waals surface area contributed by atoms with Gasteiger partial charge in [-0.1, -0.05) is 148 Å². The fourth-order valence-electron chi connectivity index (χ4n) is 5.04. The van der Waals surface area contributed by atoms with Crippen LogP contribution in [0.1, 0.15) is 123 Å². The molecule has 0 aliphatic carbocycles. The molecule has 61 heavy (non-hydrogen) atoms. The highest BCUT2D eigenvalue weighted by Crippen LogP contribution is 2.38. The van der Waals surface area contributed by atoms with Crippen molar-refractivity contribution in [2.24, 2.45) is 0 Å². The fourth-order valence-corrected chi connectivity index (χ4v) is 5.77. The molecule has 0 spiro atoms. The van der Waals surface area contributed by atoms with Crippen LogP contribution in [0.4, 0.5) is 0 Å². The average molecular weight is 870 g/mol. The Bertz CT molecular complexity index is 1460. The minimum Gasteiger partial charge on any atom is -0.756 e. The molecule has 0 rings (SSSR count). The van der Waals surface area contributed by atoms with Crippen LogP contribution in [0.2, 0.25) is 0 Å². The van der Waals surface area contributed by atoms with Crippen LogP contribution in [0.15, 0.2) is 122 Å². The molecular formula is C50H80NO9P. The highest BCUT2D eigenvalue weighted by molar-refractivity contribution is 7.45. The van der Waals surface area contributed by atoms with Crippen molar-refractivity contribution in [1.82, 2.24) is 0 Å². The van der Waals surface area contributed by atoms with E-state index in [9.17, 15) is 24.2 Å². The van der Waals surface area contributed by atoms with Crippen LogP contribution in [0.25, 0.3) is 0 Å². The first-order valence-corrected chi connectivity index (χ1v) is 23.8. The van der Waals surface area contributed by atoms with Gasteiger partial charge in [-0.3, -0.25) is 14.2 Å². The first-order chi connectivity index (χ1) is 29.4. The summed E-state index contributed by atoms with van der Waals surface area (Å²) in [6.07, 6.45) is 53.1. The van der Waals surface area contributed by atoms with Gasteiger partial charge in [-0.05, 0) is 83.5 Å². The van der Waals surface area contributed by atoms with E-state index in [1.165, 1.54) is 25.7 Å². The zero-order valence-electron chi connectivity index (χ0n) is 38.2. The van der Waals surface area contributed by atoms with E-state index in [1.807, 2.05) is 88.8 Å². The molecule has 0 radical (unpaired) electrons. The smallest absolute Gasteiger partial charge is 0.306 e. The lowest BCUT2D eigenvalue weighted by molar-refractivity contribution is -0.870. The van der Waals surface area contributed by atoms with Crippen molar-refractivity contribution in [3.8, 4) is 0 Å². The summed E-state index contributed by atoms with van der Waals surface area (Å²) in [5.74, 6) is -1.04. The standard InChI is InChI=1S/C50H80NO9P/c1-6-8-10-11-12-13-14-15-16-17-18-19-20-21-26-29-32-35-38-42-50(54)60-48(46-59-61(55,56)58-44-43-51(3,4)5)45-57-49(53)41-37-34-31-28-25-23-22-24-27-30-33-36-40-47(52)39-9-7-2/h9,12-13,15-16,18-19,21-23,26-28,30-33,35-36,39,47-48,52H,6-8,10-11,14,17,20,24-25,29,34,37-38,40-46H2,1-5H3/b13-12-,16-15-,19-18-,23-22-,26-21-,30-27-,31-28-,35-32-,36-33+,39-9-/t47?,48-/m1/s1. The number of aliphatic hydroxyl groups is 1. The summed E-state index contributed by atoms with van der Waals surface area (Å²) in [4.78, 5) is 37.5. The molecule has 0 bridgehead atoms. The number of likely N-dealkylation sites (N-methyl/N-ethyl adjacent to an activating group) is 1. The van der Waals surface area contributed by atoms with Crippen LogP contribution in [-0.4, -0.2) is 81.2 Å². The first kappa shape index (κ1) is 57.4. The number of rotatable bonds is 38. The summed E-state index contributed by atoms with van der Waals surface area (Å²) in [6, 6.07) is 0. The van der Waals surface area contributed by atoms with E-state index in [4.69, 9.17) is 18.5 Å². The molecule has 10 nitrogen and oxygen atoms in total. The van der Waals surface area contributed by atoms with Crippen molar-refractivity contribution in [3.63, 3.8) is 0 Å². The number of carbonyl (C=O) groups is 2. The van der Waals surface area contributed by atoms with E-state index in [-0.39, 0.29) is 26.1 Å². The van der Waals surface area contributed by atoms with Crippen LogP contribution in [0, 0.1) is 0 Å². The van der Waals surface area contributed by atoms with Gasteiger partial charge in [0.25, 0.3) is 7.82 Å². The van der Waals surface area contributed by atoms with Gasteiger partial charge in [-0.15, -0.1) is 0 Å². The third kappa shape index (κ3) is 44.2. The molecule has 2 unspecified atom stereocenters. The Kier molecular flexibility index (Phi) is 38.0. The Morgan fingerprint density at radius 3 is 1.70 bits per heavy atom. The molecule has 0 aromatic carbocycles. The molecule has 0 heterocycles. The Morgan fingerprint density at radius 1 is 0.623 bits per heavy atom. The number of nitrogens with zero attached hydrogens (tertiary/aromatic N) is 1. The van der Waals surface area contributed by atoms with Gasteiger partial charge in [0.05, 0.1) is 33.9 Å². The Morgan fingerprint density at radius 2 is 1.15 bits per heavy atom. The molecule has 0 saturated carbocycles. The molecule has 344 valence electrons. The van der Waals surface area contributed by atoms with E-state index < -0.39 is 38.6 Å². The van der Waals surface area contributed by atoms with Crippen molar-refractivity contribution < 1.29 is 47.2 Å². The van der Waals surface area contributed by atoms with Crippen LogP contribution >= 0.6 is 7.82 Å². The summed E-state index contributed by atoms with van der Waals surface area (Å²) >= 11 is 0. The van der Waals surface area contributed by atoms with Gasteiger partial charge < -0.3 is 33.0 Å². The molecule has 11 heteroatoms. The number of hydrogen-bond donors (Lipinski definition) is 1. The van der Waals surface area contributed by atoms with Gasteiger partial charge in [0, 0.05) is 12.8 Å². The highest BCUT2D eigenvalue weighted by Gasteiger charge is 2.21. The van der Waals surface area contributed by atoms with Gasteiger partial charge in [0.1, 0.15) is 19.8 Å². The van der Waals surface area contributed by atoms with Crippen molar-refractivity contribution in [3.05, 3.63) is 122 Å². The lowest BCUT2D eigenvalue weighted by atomic mass is 10.2. The quantitative estimate of drug-likeness (QED) is 0.0161. The molecule has 0 aliphatic rings. The zero-order chi connectivity index (χ0) is 45.1. The van der Waals surface area contributed by atoms with Gasteiger partial charge in [0.15, 0.2) is 6.10 Å². The van der Waals surface area contributed by atoms with Crippen molar-refractivity contribution in [1.29, 1.82) is 0 Å². The second-order valence-corrected chi connectivity index (χ2v) is 16.9. The predicted molar refractivity (Wildman–Crippen MR) is 250 cm³/mol. The van der Waals surface area contributed by atoms with Gasteiger partial charge in [0.2, 0.25) is 0 Å². The van der Waals surface area contributed by atoms with E-state index in [1.54, 1.807) is 0 Å². The Balaban J connectivity index is 4.63. The second-order valence-electron chi connectivity index (χ2n) is 15.5. The lowest BCUT2D eigenvalue weighted by Gasteiger charge is -2.28. The number of quaternary nitrogens is 1. The highest BCUT2D eigenvalue weighted by atomic mass is 31.2. The van der Waals surface area contributed by atoms with Crippen LogP contribution < -0.4 is 4.89 Å². The third-order valence-corrected chi connectivity index (χ3v) is 9.52. The fraction of sp³-hybridized carbons (Fsp3) is 0.560. The maximum Gasteiger partial charge on any atom is 0.306 e. The lowest BCUT2D eigenvalue weighted by Crippen LogP contribution is -2.37. The van der Waals surface area contributed by atoms with Crippen LogP contribution in [0.5, 0.6) is 0 Å². The van der Waals surface area contributed by atoms with E-state index in [0.717, 1.165) is 44.9 Å². The van der Waals surface area contributed by atoms with E-state index in [0.29, 0.717) is 36.7 Å². The number of hydrogen-bond acceptors (Lipinski definition) is 9. The number of carbonyl (C=O) groups excluding carboxylic acids is 2. The molecule has 0 amide bonds. The SMILES string of the molecule is CC/C=C\C(O)C/C=C/C=C\C/C=C\C/C=C\CCCC(=O)OC[C@H](COP(=O)([O-])OCC[N+](C)(C)C)OC(=O)CC/C=C\C/C=C\C/C=C\C/C=C\C/C=C\CCCCC. The minimum atomic E-state index is -4.68. The number of unbranched alkanes of at least 4 members (excludes halogenated alkanes) is 4. The van der Waals surface area contributed by atoms with Crippen molar-refractivity contribution in [2.45, 2.75) is 135 Å². The summed E-state index contributed by atoms with van der Waals surface area (Å²) in [5.41, 5.74) is 0. The van der Waals surface area contributed by atoms with Crippen LogP contribution in [-0.2, 0) is 32.7 Å². The Hall–Kier alpha value is -3.63. The maximum atomic E-state index is 12.7. The minimum absolute atomic E-state index is 0.0676. The van der Waals surface area contributed by atoms with Crippen molar-refractivity contribution in [2.75, 3.05) is 47.5 Å². The van der Waals surface area contributed by atoms with Gasteiger partial charge >= 0.3 is 11.9 Å². The summed E-state index contributed by atoms with van der Waals surface area (Å²) in [6.45, 7) is 3.76. The van der Waals surface area contributed by atoms with E-state index in [2.05, 4.69) is 67.7 Å². The predicted octanol–water partition coefficient (Wildman–Crippen LogP) is 11.2. The first-order valence-electron chi connectivity index (χ1n) is 22.4. The molecule has 0 aromatic heterocycles. The monoisotopic (exact) mass is 870 g/mol. The maximum absolute atomic E-state index is 12.7. The molecule has 1 N–H and O–H groups in total. The molecule has 3 atom stereocenters. The largest absolute Gasteiger partial charge is 0.756 e.